The molecule has 4 rings (SSSR count). The van der Waals surface area contributed by atoms with Crippen molar-refractivity contribution in [1.82, 2.24) is 14.5 Å². The normalized spacial score (nSPS) is 10.9. The summed E-state index contributed by atoms with van der Waals surface area (Å²) in [4.78, 5) is 20.5. The summed E-state index contributed by atoms with van der Waals surface area (Å²) < 4.78 is 6.76. The van der Waals surface area contributed by atoms with Crippen molar-refractivity contribution in [2.45, 2.75) is 11.6 Å². The lowest BCUT2D eigenvalue weighted by molar-refractivity contribution is -0.140. The van der Waals surface area contributed by atoms with Crippen LogP contribution in [0, 0.1) is 11.3 Å². The number of hydrogen-bond acceptors (Lipinski definition) is 6. The van der Waals surface area contributed by atoms with Gasteiger partial charge in [0.1, 0.15) is 0 Å². The molecule has 2 aromatic carbocycles. The van der Waals surface area contributed by atoms with E-state index in [4.69, 9.17) is 4.74 Å². The van der Waals surface area contributed by atoms with Crippen LogP contribution in [0.25, 0.3) is 27.6 Å². The van der Waals surface area contributed by atoms with Crippen molar-refractivity contribution in [3.63, 3.8) is 0 Å². The van der Waals surface area contributed by atoms with Crippen LogP contribution in [-0.2, 0) is 9.53 Å². The Morgan fingerprint density at radius 1 is 1.18 bits per heavy atom. The van der Waals surface area contributed by atoms with Crippen LogP contribution in [0.15, 0.2) is 59.9 Å². The molecule has 0 spiro atoms. The monoisotopic (exact) mass is 388 g/mol. The van der Waals surface area contributed by atoms with Crippen molar-refractivity contribution >= 4 is 39.7 Å². The summed E-state index contributed by atoms with van der Waals surface area (Å²) in [5.74, 6) is 0.293. The number of hydrogen-bond donors (Lipinski definition) is 0. The number of esters is 1. The van der Waals surface area contributed by atoms with Crippen LogP contribution in [0.1, 0.15) is 12.0 Å². The van der Waals surface area contributed by atoms with Crippen molar-refractivity contribution in [3.05, 3.63) is 60.3 Å². The summed E-state index contributed by atoms with van der Waals surface area (Å²) >= 11 is 1.48. The van der Waals surface area contributed by atoms with Gasteiger partial charge in [-0.15, -0.1) is 0 Å². The van der Waals surface area contributed by atoms with Gasteiger partial charge in [-0.25, -0.2) is 9.97 Å². The van der Waals surface area contributed by atoms with E-state index in [2.05, 4.69) is 16.0 Å². The SMILES string of the molecule is COC(=O)CCSc1nc2ncccc2n1-c1ccc(C#N)c2ccccc12. The van der Waals surface area contributed by atoms with Gasteiger partial charge < -0.3 is 4.74 Å². The van der Waals surface area contributed by atoms with Gasteiger partial charge in [-0.1, -0.05) is 36.0 Å². The molecule has 138 valence electrons. The highest BCUT2D eigenvalue weighted by atomic mass is 32.2. The number of nitriles is 1. The molecule has 0 saturated carbocycles. The van der Waals surface area contributed by atoms with Crippen LogP contribution in [0.4, 0.5) is 0 Å². The van der Waals surface area contributed by atoms with E-state index in [1.807, 2.05) is 53.1 Å². The lowest BCUT2D eigenvalue weighted by Crippen LogP contribution is -2.03. The number of rotatable bonds is 5. The van der Waals surface area contributed by atoms with Crippen LogP contribution >= 0.6 is 11.8 Å². The lowest BCUT2D eigenvalue weighted by atomic mass is 10.0. The van der Waals surface area contributed by atoms with Gasteiger partial charge in [0.15, 0.2) is 10.8 Å². The number of pyridine rings is 1. The Morgan fingerprint density at radius 2 is 2.00 bits per heavy atom. The molecule has 0 aliphatic heterocycles. The first-order valence-corrected chi connectivity index (χ1v) is 9.67. The van der Waals surface area contributed by atoms with E-state index in [1.54, 1.807) is 6.20 Å². The van der Waals surface area contributed by atoms with Gasteiger partial charge >= 0.3 is 5.97 Å². The standard InChI is InChI=1S/C21H16N4O2S/c1-27-19(26)10-12-28-21-24-20-18(7-4-11-23-20)25(21)17-9-8-14(13-22)15-5-2-3-6-16(15)17/h2-9,11H,10,12H2,1H3. The van der Waals surface area contributed by atoms with Gasteiger partial charge in [-0.05, 0) is 24.3 Å². The molecule has 0 bridgehead atoms. The highest BCUT2D eigenvalue weighted by Gasteiger charge is 2.17. The Bertz CT molecular complexity index is 1230. The van der Waals surface area contributed by atoms with E-state index >= 15 is 0 Å². The molecule has 0 saturated heterocycles. The van der Waals surface area contributed by atoms with Crippen molar-refractivity contribution < 1.29 is 9.53 Å². The second-order valence-electron chi connectivity index (χ2n) is 6.04. The number of benzene rings is 2. The number of ether oxygens (including phenoxy) is 1. The fourth-order valence-corrected chi connectivity index (χ4v) is 4.05. The number of thioether (sulfide) groups is 1. The Labute approximate surface area is 165 Å². The molecule has 28 heavy (non-hydrogen) atoms. The van der Waals surface area contributed by atoms with Gasteiger partial charge in [-0.3, -0.25) is 9.36 Å². The molecule has 2 heterocycles. The highest BCUT2D eigenvalue weighted by Crippen LogP contribution is 2.32. The number of fused-ring (bicyclic) bond motifs is 2. The van der Waals surface area contributed by atoms with Gasteiger partial charge in [-0.2, -0.15) is 5.26 Å². The number of carbonyl (C=O) groups is 1. The largest absolute Gasteiger partial charge is 0.469 e. The van der Waals surface area contributed by atoms with Gasteiger partial charge in [0.05, 0.1) is 36.4 Å². The van der Waals surface area contributed by atoms with Crippen LogP contribution in [0.2, 0.25) is 0 Å². The van der Waals surface area contributed by atoms with Gasteiger partial charge in [0.2, 0.25) is 0 Å². The number of nitrogens with zero attached hydrogens (tertiary/aromatic N) is 4. The first kappa shape index (κ1) is 18.0. The first-order valence-electron chi connectivity index (χ1n) is 8.68. The summed E-state index contributed by atoms with van der Waals surface area (Å²) in [6.45, 7) is 0. The second-order valence-corrected chi connectivity index (χ2v) is 7.10. The number of carbonyl (C=O) groups excluding carboxylic acids is 1. The molecule has 6 nitrogen and oxygen atoms in total. The maximum Gasteiger partial charge on any atom is 0.306 e. The van der Waals surface area contributed by atoms with E-state index < -0.39 is 0 Å². The molecule has 7 heteroatoms. The number of methoxy groups -OCH3 is 1. The topological polar surface area (TPSA) is 80.8 Å². The second kappa shape index (κ2) is 7.71. The van der Waals surface area contributed by atoms with Crippen LogP contribution in [0.5, 0.6) is 0 Å². The quantitative estimate of drug-likeness (QED) is 0.378. The maximum atomic E-state index is 11.5. The molecule has 2 aromatic heterocycles. The summed E-state index contributed by atoms with van der Waals surface area (Å²) in [6, 6.07) is 17.7. The third-order valence-corrected chi connectivity index (χ3v) is 5.37. The van der Waals surface area contributed by atoms with Gasteiger partial charge in [0.25, 0.3) is 0 Å². The predicted molar refractivity (Wildman–Crippen MR) is 108 cm³/mol. The van der Waals surface area contributed by atoms with E-state index in [-0.39, 0.29) is 5.97 Å². The molecule has 0 N–H and O–H groups in total. The minimum Gasteiger partial charge on any atom is -0.469 e. The molecule has 0 aliphatic carbocycles. The highest BCUT2D eigenvalue weighted by molar-refractivity contribution is 7.99. The van der Waals surface area contributed by atoms with E-state index in [0.29, 0.717) is 23.4 Å². The zero-order valence-electron chi connectivity index (χ0n) is 15.1. The fraction of sp³-hybridized carbons (Fsp3) is 0.143. The maximum absolute atomic E-state index is 11.5. The zero-order valence-corrected chi connectivity index (χ0v) is 15.9. The minimum atomic E-state index is -0.253. The third-order valence-electron chi connectivity index (χ3n) is 4.43. The van der Waals surface area contributed by atoms with Crippen LogP contribution in [0.3, 0.4) is 0 Å². The summed E-state index contributed by atoms with van der Waals surface area (Å²) in [7, 11) is 1.38. The summed E-state index contributed by atoms with van der Waals surface area (Å²) in [5, 5.41) is 12.0. The van der Waals surface area contributed by atoms with Crippen molar-refractivity contribution in [3.8, 4) is 11.8 Å². The van der Waals surface area contributed by atoms with Crippen molar-refractivity contribution in [2.24, 2.45) is 0 Å². The Balaban J connectivity index is 1.89. The van der Waals surface area contributed by atoms with Crippen LogP contribution in [-0.4, -0.2) is 33.4 Å². The predicted octanol–water partition coefficient (Wildman–Crippen LogP) is 4.10. The Kier molecular flexibility index (Phi) is 4.96. The lowest BCUT2D eigenvalue weighted by Gasteiger charge is -2.12. The molecule has 0 fully saturated rings. The first-order chi connectivity index (χ1) is 13.7. The van der Waals surface area contributed by atoms with E-state index in [0.717, 1.165) is 27.1 Å². The molecule has 0 atom stereocenters. The van der Waals surface area contributed by atoms with Gasteiger partial charge in [0, 0.05) is 22.7 Å². The molecular weight excluding hydrogens is 372 g/mol. The summed E-state index contributed by atoms with van der Waals surface area (Å²) in [5.41, 5.74) is 3.06. The fourth-order valence-electron chi connectivity index (χ4n) is 3.13. The Hall–Kier alpha value is -3.37. The minimum absolute atomic E-state index is 0.253. The molecule has 0 radical (unpaired) electrons. The number of aromatic nitrogens is 3. The molecule has 0 aliphatic rings. The zero-order chi connectivity index (χ0) is 19.5. The summed E-state index contributed by atoms with van der Waals surface area (Å²) in [6.07, 6.45) is 2.01. The van der Waals surface area contributed by atoms with Crippen LogP contribution < -0.4 is 0 Å². The number of imidazole rings is 1. The molecule has 0 amide bonds. The smallest absolute Gasteiger partial charge is 0.306 e. The van der Waals surface area contributed by atoms with E-state index in [9.17, 15) is 10.1 Å². The van der Waals surface area contributed by atoms with E-state index in [1.165, 1.54) is 18.9 Å². The molecular formula is C21H16N4O2S. The Morgan fingerprint density at radius 3 is 2.79 bits per heavy atom. The average Bonchev–Trinajstić information content (AvgIpc) is 3.10. The van der Waals surface area contributed by atoms with Crippen molar-refractivity contribution in [1.29, 1.82) is 5.26 Å². The molecule has 0 unspecified atom stereocenters. The average molecular weight is 388 g/mol. The third kappa shape index (κ3) is 3.19. The van der Waals surface area contributed by atoms with Crippen molar-refractivity contribution in [2.75, 3.05) is 12.9 Å². The molecule has 4 aromatic rings.